The van der Waals surface area contributed by atoms with Crippen molar-refractivity contribution in [1.82, 2.24) is 5.01 Å². The number of quaternary nitrogens is 1. The van der Waals surface area contributed by atoms with E-state index in [2.05, 4.69) is 42.2 Å². The van der Waals surface area contributed by atoms with Crippen molar-refractivity contribution < 1.29 is 4.90 Å². The van der Waals surface area contributed by atoms with E-state index in [0.29, 0.717) is 0 Å². The van der Waals surface area contributed by atoms with Crippen LogP contribution in [0.1, 0.15) is 22.3 Å². The van der Waals surface area contributed by atoms with Gasteiger partial charge >= 0.3 is 0 Å². The molecule has 1 fully saturated rings. The molecule has 1 aliphatic heterocycles. The fourth-order valence-corrected chi connectivity index (χ4v) is 3.35. The minimum absolute atomic E-state index is 0.752. The number of benzene rings is 2. The van der Waals surface area contributed by atoms with Gasteiger partial charge in [-0.2, -0.15) is 5.10 Å². The molecular weight excluding hydrogens is 318 g/mol. The number of nitrogens with zero attached hydrogens (tertiary/aromatic N) is 2. The average molecular weight is 343 g/mol. The maximum absolute atomic E-state index is 6.01. The van der Waals surface area contributed by atoms with Crippen molar-refractivity contribution in [2.75, 3.05) is 26.2 Å². The minimum Gasteiger partial charge on any atom is -0.328 e. The molecule has 0 aliphatic carbocycles. The number of piperazine rings is 1. The van der Waals surface area contributed by atoms with Crippen LogP contribution in [0, 0.1) is 13.8 Å². The Kier molecular flexibility index (Phi) is 5.54. The smallest absolute Gasteiger partial charge is 0.103 e. The largest absolute Gasteiger partial charge is 0.328 e. The van der Waals surface area contributed by atoms with Gasteiger partial charge in [0, 0.05) is 10.6 Å². The molecule has 0 radical (unpaired) electrons. The van der Waals surface area contributed by atoms with E-state index in [-0.39, 0.29) is 0 Å². The zero-order valence-corrected chi connectivity index (χ0v) is 15.2. The Morgan fingerprint density at radius 1 is 1.12 bits per heavy atom. The van der Waals surface area contributed by atoms with Gasteiger partial charge in [0.2, 0.25) is 0 Å². The third-order valence-corrected chi connectivity index (χ3v) is 4.84. The van der Waals surface area contributed by atoms with Crippen molar-refractivity contribution in [3.63, 3.8) is 0 Å². The highest BCUT2D eigenvalue weighted by Gasteiger charge is 2.19. The fourth-order valence-electron chi connectivity index (χ4n) is 3.15. The van der Waals surface area contributed by atoms with Crippen LogP contribution in [0.25, 0.3) is 0 Å². The van der Waals surface area contributed by atoms with Crippen LogP contribution in [0.4, 0.5) is 0 Å². The third-order valence-electron chi connectivity index (χ3n) is 4.60. The second-order valence-corrected chi connectivity index (χ2v) is 7.05. The van der Waals surface area contributed by atoms with E-state index in [0.717, 1.165) is 43.3 Å². The lowest BCUT2D eigenvalue weighted by Crippen LogP contribution is -3.13. The lowest BCUT2D eigenvalue weighted by molar-refractivity contribution is -0.918. The van der Waals surface area contributed by atoms with E-state index in [9.17, 15) is 0 Å². The number of rotatable bonds is 4. The first-order chi connectivity index (χ1) is 11.6. The normalized spacial score (nSPS) is 16.0. The zero-order valence-electron chi connectivity index (χ0n) is 14.4. The summed E-state index contributed by atoms with van der Waals surface area (Å²) in [5.41, 5.74) is 5.26. The van der Waals surface area contributed by atoms with Crippen molar-refractivity contribution in [2.24, 2.45) is 5.10 Å². The summed E-state index contributed by atoms with van der Waals surface area (Å²) in [6.07, 6.45) is 1.90. The van der Waals surface area contributed by atoms with Gasteiger partial charge in [-0.1, -0.05) is 47.5 Å². The molecule has 2 aromatic rings. The highest BCUT2D eigenvalue weighted by atomic mass is 35.5. The summed E-state index contributed by atoms with van der Waals surface area (Å²) >= 11 is 6.01. The molecule has 4 heteroatoms. The fraction of sp³-hybridized carbons (Fsp3) is 0.350. The van der Waals surface area contributed by atoms with Crippen molar-refractivity contribution in [3.8, 4) is 0 Å². The lowest BCUT2D eigenvalue weighted by Gasteiger charge is -2.30. The lowest BCUT2D eigenvalue weighted by atomic mass is 10.1. The van der Waals surface area contributed by atoms with Gasteiger partial charge in [-0.15, -0.1) is 0 Å². The Morgan fingerprint density at radius 3 is 2.62 bits per heavy atom. The monoisotopic (exact) mass is 342 g/mol. The van der Waals surface area contributed by atoms with Gasteiger partial charge < -0.3 is 4.90 Å². The molecule has 126 valence electrons. The van der Waals surface area contributed by atoms with Gasteiger partial charge in [0.25, 0.3) is 0 Å². The van der Waals surface area contributed by atoms with Crippen molar-refractivity contribution in [3.05, 3.63) is 69.7 Å². The number of nitrogens with one attached hydrogen (secondary N) is 1. The molecule has 0 aromatic heterocycles. The number of hydrogen-bond acceptors (Lipinski definition) is 2. The SMILES string of the molecule is Cc1ccc(C[NH+]2CCN(/N=C/c3cccc(Cl)c3)CC2)c(C)c1. The topological polar surface area (TPSA) is 20.0 Å². The van der Waals surface area contributed by atoms with Crippen LogP contribution in [0.3, 0.4) is 0 Å². The van der Waals surface area contributed by atoms with Crippen LogP contribution in [-0.2, 0) is 6.54 Å². The first kappa shape index (κ1) is 17.0. The molecule has 24 heavy (non-hydrogen) atoms. The van der Waals surface area contributed by atoms with Crippen molar-refractivity contribution in [1.29, 1.82) is 0 Å². The summed E-state index contributed by atoms with van der Waals surface area (Å²) in [6, 6.07) is 14.6. The van der Waals surface area contributed by atoms with Crippen LogP contribution < -0.4 is 4.90 Å². The zero-order chi connectivity index (χ0) is 16.9. The van der Waals surface area contributed by atoms with E-state index in [1.54, 1.807) is 4.90 Å². The Labute approximate surface area is 149 Å². The van der Waals surface area contributed by atoms with E-state index >= 15 is 0 Å². The molecule has 1 aliphatic rings. The van der Waals surface area contributed by atoms with E-state index < -0.39 is 0 Å². The highest BCUT2D eigenvalue weighted by Crippen LogP contribution is 2.10. The molecule has 2 aromatic carbocycles. The summed E-state index contributed by atoms with van der Waals surface area (Å²) in [6.45, 7) is 9.72. The molecular formula is C20H25ClN3+. The predicted octanol–water partition coefficient (Wildman–Crippen LogP) is 2.69. The van der Waals surface area contributed by atoms with Crippen LogP contribution in [-0.4, -0.2) is 37.4 Å². The van der Waals surface area contributed by atoms with Gasteiger partial charge in [0.15, 0.2) is 0 Å². The highest BCUT2D eigenvalue weighted by molar-refractivity contribution is 6.30. The Balaban J connectivity index is 1.52. The van der Waals surface area contributed by atoms with Gasteiger partial charge in [-0.05, 0) is 37.1 Å². The Morgan fingerprint density at radius 2 is 1.92 bits per heavy atom. The molecule has 3 nitrogen and oxygen atoms in total. The first-order valence-electron chi connectivity index (χ1n) is 8.54. The standard InChI is InChI=1S/C20H24ClN3/c1-16-6-7-19(17(2)12-16)15-23-8-10-24(11-9-23)22-14-18-4-3-5-20(21)13-18/h3-7,12-14H,8-11,15H2,1-2H3/p+1/b22-14+. The van der Waals surface area contributed by atoms with E-state index in [4.69, 9.17) is 11.6 Å². The van der Waals surface area contributed by atoms with Crippen LogP contribution in [0.15, 0.2) is 47.6 Å². The molecule has 1 saturated heterocycles. The number of halogens is 1. The van der Waals surface area contributed by atoms with Crippen molar-refractivity contribution >= 4 is 17.8 Å². The first-order valence-corrected chi connectivity index (χ1v) is 8.92. The summed E-state index contributed by atoms with van der Waals surface area (Å²) < 4.78 is 0. The Hall–Kier alpha value is -1.84. The maximum atomic E-state index is 6.01. The van der Waals surface area contributed by atoms with Crippen LogP contribution in [0.5, 0.6) is 0 Å². The van der Waals surface area contributed by atoms with E-state index in [1.807, 2.05) is 30.5 Å². The summed E-state index contributed by atoms with van der Waals surface area (Å²) in [5, 5.41) is 7.51. The molecule has 1 heterocycles. The maximum Gasteiger partial charge on any atom is 0.103 e. The van der Waals surface area contributed by atoms with Crippen molar-refractivity contribution in [2.45, 2.75) is 20.4 Å². The third kappa shape index (κ3) is 4.59. The summed E-state index contributed by atoms with van der Waals surface area (Å²) in [4.78, 5) is 1.64. The van der Waals surface area contributed by atoms with Gasteiger partial charge in [0.1, 0.15) is 6.54 Å². The molecule has 1 N–H and O–H groups in total. The molecule has 3 rings (SSSR count). The second-order valence-electron chi connectivity index (χ2n) is 6.61. The molecule has 0 spiro atoms. The van der Waals surface area contributed by atoms with E-state index in [1.165, 1.54) is 16.7 Å². The minimum atomic E-state index is 0.752. The van der Waals surface area contributed by atoms with Gasteiger partial charge in [-0.3, -0.25) is 5.01 Å². The quantitative estimate of drug-likeness (QED) is 0.847. The number of aryl methyl sites for hydroxylation is 2. The number of hydrogen-bond donors (Lipinski definition) is 1. The molecule has 0 bridgehead atoms. The van der Waals surface area contributed by atoms with Gasteiger partial charge in [-0.25, -0.2) is 0 Å². The summed E-state index contributed by atoms with van der Waals surface area (Å²) in [5.74, 6) is 0. The molecule has 0 atom stereocenters. The molecule has 0 unspecified atom stereocenters. The molecule has 0 amide bonds. The molecule has 0 saturated carbocycles. The summed E-state index contributed by atoms with van der Waals surface area (Å²) in [7, 11) is 0. The second kappa shape index (κ2) is 7.82. The van der Waals surface area contributed by atoms with Gasteiger partial charge in [0.05, 0.1) is 32.4 Å². The van der Waals surface area contributed by atoms with Crippen LogP contribution in [0.2, 0.25) is 5.02 Å². The van der Waals surface area contributed by atoms with Crippen LogP contribution >= 0.6 is 11.6 Å². The predicted molar refractivity (Wildman–Crippen MR) is 101 cm³/mol. The number of hydrazone groups is 1. The average Bonchev–Trinajstić information content (AvgIpc) is 2.57. The Bertz CT molecular complexity index is 719.